The van der Waals surface area contributed by atoms with Gasteiger partial charge in [0.2, 0.25) is 0 Å². The zero-order valence-corrected chi connectivity index (χ0v) is 19.6. The number of hydrogen-bond donors (Lipinski definition) is 2. The number of nitrogens with zero attached hydrogens (tertiary/aromatic N) is 1. The lowest BCUT2D eigenvalue weighted by Gasteiger charge is -2.22. The van der Waals surface area contributed by atoms with Crippen LogP contribution in [0.2, 0.25) is 5.02 Å². The Bertz CT molecular complexity index is 1240. The van der Waals surface area contributed by atoms with Crippen molar-refractivity contribution in [3.8, 4) is 11.3 Å². The summed E-state index contributed by atoms with van der Waals surface area (Å²) in [6.45, 7) is 0. The normalized spacial score (nSPS) is 15.8. The molecule has 1 amide bonds. The molecule has 2 N–H and O–H groups in total. The molecule has 162 valence electrons. The van der Waals surface area contributed by atoms with Crippen LogP contribution in [0.3, 0.4) is 0 Å². The molecule has 2 aromatic carbocycles. The van der Waals surface area contributed by atoms with Gasteiger partial charge in [0.05, 0.1) is 5.02 Å². The number of benzene rings is 2. The maximum absolute atomic E-state index is 13.0. The third-order valence-electron chi connectivity index (χ3n) is 4.90. The second kappa shape index (κ2) is 9.28. The van der Waals surface area contributed by atoms with Crippen LogP contribution in [-0.4, -0.2) is 33.0 Å². The van der Waals surface area contributed by atoms with Gasteiger partial charge in [-0.15, -0.1) is 0 Å². The number of aliphatic carboxylic acids is 1. The summed E-state index contributed by atoms with van der Waals surface area (Å²) in [4.78, 5) is 26.0. The Balaban J connectivity index is 1.57. The molecule has 1 saturated heterocycles. The quantitative estimate of drug-likeness (QED) is 0.340. The second-order valence-corrected chi connectivity index (χ2v) is 8.69. The van der Waals surface area contributed by atoms with Crippen molar-refractivity contribution in [2.75, 3.05) is 0 Å². The molecule has 6 nitrogen and oxygen atoms in total. The number of carboxylic acid groups (broad SMARTS) is 1. The molecular formula is C23H16BrClN2O4S. The molecule has 0 aliphatic carbocycles. The molecule has 0 radical (unpaired) electrons. The first-order valence-corrected chi connectivity index (χ1v) is 11.1. The van der Waals surface area contributed by atoms with E-state index >= 15 is 0 Å². The van der Waals surface area contributed by atoms with Crippen LogP contribution < -0.4 is 5.32 Å². The van der Waals surface area contributed by atoms with Crippen molar-refractivity contribution >= 4 is 62.8 Å². The Morgan fingerprint density at radius 2 is 1.97 bits per heavy atom. The zero-order chi connectivity index (χ0) is 22.8. The first-order chi connectivity index (χ1) is 15.3. The molecule has 32 heavy (non-hydrogen) atoms. The molecule has 0 bridgehead atoms. The lowest BCUT2D eigenvalue weighted by molar-refractivity contribution is -0.145. The molecule has 9 heteroatoms. The van der Waals surface area contributed by atoms with Crippen molar-refractivity contribution in [1.82, 2.24) is 10.2 Å². The van der Waals surface area contributed by atoms with E-state index in [9.17, 15) is 14.7 Å². The van der Waals surface area contributed by atoms with Crippen LogP contribution >= 0.6 is 39.7 Å². The van der Waals surface area contributed by atoms with Gasteiger partial charge in [-0.05, 0) is 58.0 Å². The molecule has 1 fully saturated rings. The van der Waals surface area contributed by atoms with Crippen LogP contribution in [0.15, 0.2) is 75.3 Å². The van der Waals surface area contributed by atoms with Crippen LogP contribution in [0.25, 0.3) is 17.4 Å². The van der Waals surface area contributed by atoms with Crippen molar-refractivity contribution in [3.05, 3.63) is 87.2 Å². The van der Waals surface area contributed by atoms with Crippen LogP contribution in [0.5, 0.6) is 0 Å². The summed E-state index contributed by atoms with van der Waals surface area (Å²) in [5.74, 6) is -0.680. The topological polar surface area (TPSA) is 82.8 Å². The van der Waals surface area contributed by atoms with E-state index in [2.05, 4.69) is 21.2 Å². The Morgan fingerprint density at radius 3 is 2.66 bits per heavy atom. The Hall–Kier alpha value is -2.94. The van der Waals surface area contributed by atoms with Gasteiger partial charge in [-0.2, -0.15) is 0 Å². The predicted octanol–water partition coefficient (Wildman–Crippen LogP) is 5.12. The summed E-state index contributed by atoms with van der Waals surface area (Å²) < 4.78 is 6.60. The number of amides is 1. The van der Waals surface area contributed by atoms with E-state index in [4.69, 9.17) is 28.2 Å². The SMILES string of the molecule is O=C(O)C(Cc1ccccc1)N1C(=O)/C(=C\c2ccc(-c3ccc(Br)c(Cl)c3)o2)NC1=S. The zero-order valence-electron chi connectivity index (χ0n) is 16.4. The second-order valence-electron chi connectivity index (χ2n) is 7.04. The Kier molecular flexibility index (Phi) is 6.45. The number of carboxylic acids is 1. The highest BCUT2D eigenvalue weighted by Crippen LogP contribution is 2.30. The van der Waals surface area contributed by atoms with Gasteiger partial charge in [0.1, 0.15) is 23.3 Å². The average molecular weight is 532 g/mol. The van der Waals surface area contributed by atoms with E-state index in [1.807, 2.05) is 42.5 Å². The first-order valence-electron chi connectivity index (χ1n) is 9.51. The molecule has 1 atom stereocenters. The van der Waals surface area contributed by atoms with Crippen LogP contribution in [0, 0.1) is 0 Å². The van der Waals surface area contributed by atoms with E-state index in [-0.39, 0.29) is 17.2 Å². The molecule has 0 saturated carbocycles. The summed E-state index contributed by atoms with van der Waals surface area (Å²) >= 11 is 14.8. The monoisotopic (exact) mass is 530 g/mol. The largest absolute Gasteiger partial charge is 0.480 e. The number of hydrogen-bond acceptors (Lipinski definition) is 4. The Labute approximate surface area is 202 Å². The molecule has 0 spiro atoms. The molecule has 3 aromatic rings. The van der Waals surface area contributed by atoms with Gasteiger partial charge in [0, 0.05) is 22.5 Å². The van der Waals surface area contributed by atoms with Crippen LogP contribution in [-0.2, 0) is 16.0 Å². The Morgan fingerprint density at radius 1 is 1.22 bits per heavy atom. The van der Waals surface area contributed by atoms with E-state index in [1.165, 1.54) is 6.08 Å². The van der Waals surface area contributed by atoms with Crippen molar-refractivity contribution in [2.24, 2.45) is 0 Å². The van der Waals surface area contributed by atoms with Crippen LogP contribution in [0.4, 0.5) is 0 Å². The van der Waals surface area contributed by atoms with E-state index in [0.29, 0.717) is 16.5 Å². The van der Waals surface area contributed by atoms with Gasteiger partial charge >= 0.3 is 5.97 Å². The minimum absolute atomic E-state index is 0.0380. The number of carbonyl (C=O) groups is 2. The summed E-state index contributed by atoms with van der Waals surface area (Å²) in [6, 6.07) is 16.8. The van der Waals surface area contributed by atoms with Crippen molar-refractivity contribution < 1.29 is 19.1 Å². The van der Waals surface area contributed by atoms with Crippen LogP contribution in [0.1, 0.15) is 11.3 Å². The van der Waals surface area contributed by atoms with Crippen molar-refractivity contribution in [2.45, 2.75) is 12.5 Å². The van der Waals surface area contributed by atoms with Gasteiger partial charge in [-0.3, -0.25) is 9.69 Å². The first kappa shape index (κ1) is 22.3. The fraction of sp³-hybridized carbons (Fsp3) is 0.0870. The van der Waals surface area contributed by atoms with Crippen molar-refractivity contribution in [1.29, 1.82) is 0 Å². The summed E-state index contributed by atoms with van der Waals surface area (Å²) in [6.07, 6.45) is 1.63. The smallest absolute Gasteiger partial charge is 0.327 e. The third kappa shape index (κ3) is 4.62. The molecule has 1 unspecified atom stereocenters. The van der Waals surface area contributed by atoms with Gasteiger partial charge in [0.25, 0.3) is 5.91 Å². The number of thiocarbonyl (C=S) groups is 1. The van der Waals surface area contributed by atoms with E-state index in [0.717, 1.165) is 20.5 Å². The highest BCUT2D eigenvalue weighted by Gasteiger charge is 2.39. The fourth-order valence-corrected chi connectivity index (χ4v) is 4.08. The van der Waals surface area contributed by atoms with Gasteiger partial charge in [0.15, 0.2) is 5.11 Å². The summed E-state index contributed by atoms with van der Waals surface area (Å²) in [5.41, 5.74) is 1.71. The number of nitrogens with one attached hydrogen (secondary N) is 1. The molecule has 4 rings (SSSR count). The highest BCUT2D eigenvalue weighted by molar-refractivity contribution is 9.10. The lowest BCUT2D eigenvalue weighted by atomic mass is 10.0. The standard InChI is InChI=1S/C23H16BrClN2O4S/c24-16-8-6-14(11-17(16)25)20-9-7-15(31-20)12-18-21(28)27(23(32)26-18)19(22(29)30)10-13-4-2-1-3-5-13/h1-9,11-12,19H,10H2,(H,26,32)(H,29,30)/b18-12+. The fourth-order valence-electron chi connectivity index (χ4n) is 3.34. The molecule has 1 aliphatic rings. The minimum Gasteiger partial charge on any atom is -0.480 e. The lowest BCUT2D eigenvalue weighted by Crippen LogP contribution is -2.46. The number of halogens is 2. The van der Waals surface area contributed by atoms with Crippen molar-refractivity contribution in [3.63, 3.8) is 0 Å². The highest BCUT2D eigenvalue weighted by atomic mass is 79.9. The summed E-state index contributed by atoms with van der Waals surface area (Å²) in [7, 11) is 0. The third-order valence-corrected chi connectivity index (χ3v) is 6.43. The number of carbonyl (C=O) groups excluding carboxylic acids is 1. The maximum atomic E-state index is 13.0. The molecule has 2 heterocycles. The van der Waals surface area contributed by atoms with Gasteiger partial charge in [-0.1, -0.05) is 48.0 Å². The maximum Gasteiger partial charge on any atom is 0.327 e. The summed E-state index contributed by atoms with van der Waals surface area (Å²) in [5, 5.41) is 13.1. The molecule has 1 aromatic heterocycles. The van der Waals surface area contributed by atoms with E-state index < -0.39 is 17.9 Å². The molecule has 1 aliphatic heterocycles. The minimum atomic E-state index is -1.14. The predicted molar refractivity (Wildman–Crippen MR) is 129 cm³/mol. The number of rotatable bonds is 6. The molecular weight excluding hydrogens is 516 g/mol. The van der Waals surface area contributed by atoms with Gasteiger partial charge < -0.3 is 14.8 Å². The average Bonchev–Trinajstić information content (AvgIpc) is 3.34. The van der Waals surface area contributed by atoms with Gasteiger partial charge in [-0.25, -0.2) is 4.79 Å². The van der Waals surface area contributed by atoms with E-state index in [1.54, 1.807) is 18.2 Å². The number of furan rings is 1.